The van der Waals surface area contributed by atoms with Gasteiger partial charge in [0.05, 0.1) is 14.2 Å². The molecule has 4 heteroatoms. The van der Waals surface area contributed by atoms with Gasteiger partial charge in [0.15, 0.2) is 0 Å². The van der Waals surface area contributed by atoms with Crippen LogP contribution >= 0.6 is 0 Å². The average Bonchev–Trinajstić information content (AvgIpc) is 2.25. The Labute approximate surface area is 95.7 Å². The zero-order valence-corrected chi connectivity index (χ0v) is 9.69. The molecule has 2 rings (SSSR count). The Morgan fingerprint density at radius 1 is 1.31 bits per heavy atom. The molecule has 0 bridgehead atoms. The van der Waals surface area contributed by atoms with Gasteiger partial charge in [0.25, 0.3) is 0 Å². The third-order valence-electron chi connectivity index (χ3n) is 3.12. The van der Waals surface area contributed by atoms with Gasteiger partial charge in [-0.2, -0.15) is 0 Å². The maximum absolute atomic E-state index is 6.21. The van der Waals surface area contributed by atoms with Crippen LogP contribution in [-0.4, -0.2) is 27.3 Å². The van der Waals surface area contributed by atoms with E-state index in [0.29, 0.717) is 5.92 Å². The first-order valence-electron chi connectivity index (χ1n) is 5.44. The molecule has 1 fully saturated rings. The standard InChI is InChI=1S/C12H18N2O2/c1-15-9-3-4-10(11(5-9)16-2)12(13)8-6-14-7-8/h3-5,8,12,14H,6-7,13H2,1-2H3. The number of hydrogen-bond acceptors (Lipinski definition) is 4. The first-order chi connectivity index (χ1) is 7.76. The summed E-state index contributed by atoms with van der Waals surface area (Å²) in [4.78, 5) is 0. The minimum Gasteiger partial charge on any atom is -0.497 e. The normalized spacial score (nSPS) is 17.7. The molecule has 0 saturated carbocycles. The van der Waals surface area contributed by atoms with E-state index in [4.69, 9.17) is 15.2 Å². The van der Waals surface area contributed by atoms with E-state index < -0.39 is 0 Å². The monoisotopic (exact) mass is 222 g/mol. The van der Waals surface area contributed by atoms with Gasteiger partial charge >= 0.3 is 0 Å². The van der Waals surface area contributed by atoms with Gasteiger partial charge in [0, 0.05) is 36.7 Å². The van der Waals surface area contributed by atoms with Gasteiger partial charge in [-0.3, -0.25) is 0 Å². The molecule has 1 heterocycles. The van der Waals surface area contributed by atoms with Gasteiger partial charge < -0.3 is 20.5 Å². The van der Waals surface area contributed by atoms with Crippen molar-refractivity contribution in [1.82, 2.24) is 5.32 Å². The zero-order chi connectivity index (χ0) is 11.5. The minimum absolute atomic E-state index is 0.0297. The van der Waals surface area contributed by atoms with Crippen molar-refractivity contribution < 1.29 is 9.47 Å². The van der Waals surface area contributed by atoms with Crippen LogP contribution < -0.4 is 20.5 Å². The molecule has 1 aromatic rings. The molecule has 16 heavy (non-hydrogen) atoms. The van der Waals surface area contributed by atoms with E-state index in [2.05, 4.69) is 5.32 Å². The topological polar surface area (TPSA) is 56.5 Å². The largest absolute Gasteiger partial charge is 0.497 e. The van der Waals surface area contributed by atoms with Crippen LogP contribution in [0.4, 0.5) is 0 Å². The highest BCUT2D eigenvalue weighted by Gasteiger charge is 2.27. The van der Waals surface area contributed by atoms with Crippen LogP contribution in [0, 0.1) is 5.92 Å². The minimum atomic E-state index is 0.0297. The van der Waals surface area contributed by atoms with Crippen LogP contribution in [0.2, 0.25) is 0 Å². The predicted octanol–water partition coefficient (Wildman–Crippen LogP) is 0.923. The first kappa shape index (κ1) is 11.2. The molecular formula is C12H18N2O2. The molecule has 1 atom stereocenters. The van der Waals surface area contributed by atoms with E-state index in [0.717, 1.165) is 30.2 Å². The van der Waals surface area contributed by atoms with Gasteiger partial charge in [0.2, 0.25) is 0 Å². The lowest BCUT2D eigenvalue weighted by atomic mass is 9.89. The molecule has 0 aliphatic carbocycles. The van der Waals surface area contributed by atoms with Crippen molar-refractivity contribution in [2.24, 2.45) is 11.7 Å². The Bertz CT molecular complexity index is 364. The lowest BCUT2D eigenvalue weighted by Gasteiger charge is -2.33. The van der Waals surface area contributed by atoms with Crippen LogP contribution in [0.5, 0.6) is 11.5 Å². The summed E-state index contributed by atoms with van der Waals surface area (Å²) in [5, 5.41) is 3.23. The second-order valence-electron chi connectivity index (χ2n) is 4.05. The molecule has 0 spiro atoms. The molecule has 1 unspecified atom stereocenters. The van der Waals surface area contributed by atoms with Crippen molar-refractivity contribution in [3.63, 3.8) is 0 Å². The first-order valence-corrected chi connectivity index (χ1v) is 5.44. The fourth-order valence-electron chi connectivity index (χ4n) is 1.91. The third kappa shape index (κ3) is 1.99. The van der Waals surface area contributed by atoms with E-state index >= 15 is 0 Å². The molecule has 0 amide bonds. The molecule has 4 nitrogen and oxygen atoms in total. The summed E-state index contributed by atoms with van der Waals surface area (Å²) in [6.45, 7) is 1.96. The second kappa shape index (κ2) is 4.72. The Morgan fingerprint density at radius 3 is 2.56 bits per heavy atom. The Balaban J connectivity index is 2.24. The molecule has 88 valence electrons. The summed E-state index contributed by atoms with van der Waals surface area (Å²) in [6, 6.07) is 5.81. The van der Waals surface area contributed by atoms with Crippen LogP contribution in [0.1, 0.15) is 11.6 Å². The molecule has 0 radical (unpaired) electrons. The van der Waals surface area contributed by atoms with Crippen molar-refractivity contribution in [3.05, 3.63) is 23.8 Å². The van der Waals surface area contributed by atoms with E-state index in [1.807, 2.05) is 18.2 Å². The van der Waals surface area contributed by atoms with Gasteiger partial charge in [-0.05, 0) is 6.07 Å². The van der Waals surface area contributed by atoms with E-state index in [1.54, 1.807) is 14.2 Å². The number of methoxy groups -OCH3 is 2. The fourth-order valence-corrected chi connectivity index (χ4v) is 1.91. The molecule has 1 aromatic carbocycles. The van der Waals surface area contributed by atoms with Crippen LogP contribution in [0.3, 0.4) is 0 Å². The summed E-state index contributed by atoms with van der Waals surface area (Å²) < 4.78 is 10.5. The van der Waals surface area contributed by atoms with E-state index in [-0.39, 0.29) is 6.04 Å². The van der Waals surface area contributed by atoms with Crippen LogP contribution in [-0.2, 0) is 0 Å². The Kier molecular flexibility index (Phi) is 3.31. The summed E-state index contributed by atoms with van der Waals surface area (Å²) >= 11 is 0. The molecule has 1 aliphatic heterocycles. The summed E-state index contributed by atoms with van der Waals surface area (Å²) in [6.07, 6.45) is 0. The lowest BCUT2D eigenvalue weighted by molar-refractivity contribution is 0.288. The smallest absolute Gasteiger partial charge is 0.127 e. The van der Waals surface area contributed by atoms with Crippen molar-refractivity contribution in [3.8, 4) is 11.5 Å². The molecule has 3 N–H and O–H groups in total. The summed E-state index contributed by atoms with van der Waals surface area (Å²) in [5.74, 6) is 2.10. The lowest BCUT2D eigenvalue weighted by Crippen LogP contribution is -2.47. The van der Waals surface area contributed by atoms with E-state index in [9.17, 15) is 0 Å². The fraction of sp³-hybridized carbons (Fsp3) is 0.500. The number of rotatable bonds is 4. The SMILES string of the molecule is COc1ccc(C(N)C2CNC2)c(OC)c1. The molecule has 0 aromatic heterocycles. The number of nitrogens with one attached hydrogen (secondary N) is 1. The maximum Gasteiger partial charge on any atom is 0.127 e. The van der Waals surface area contributed by atoms with Gasteiger partial charge in [-0.25, -0.2) is 0 Å². The average molecular weight is 222 g/mol. The van der Waals surface area contributed by atoms with Crippen molar-refractivity contribution in [2.75, 3.05) is 27.3 Å². The maximum atomic E-state index is 6.21. The predicted molar refractivity (Wildman–Crippen MR) is 62.8 cm³/mol. The number of ether oxygens (including phenoxy) is 2. The summed E-state index contributed by atoms with van der Waals surface area (Å²) in [5.41, 5.74) is 7.26. The van der Waals surface area contributed by atoms with Crippen molar-refractivity contribution >= 4 is 0 Å². The highest BCUT2D eigenvalue weighted by Crippen LogP contribution is 2.32. The second-order valence-corrected chi connectivity index (χ2v) is 4.05. The number of nitrogens with two attached hydrogens (primary N) is 1. The van der Waals surface area contributed by atoms with Gasteiger partial charge in [0.1, 0.15) is 11.5 Å². The molecular weight excluding hydrogens is 204 g/mol. The Hall–Kier alpha value is -1.26. The third-order valence-corrected chi connectivity index (χ3v) is 3.12. The highest BCUT2D eigenvalue weighted by atomic mass is 16.5. The van der Waals surface area contributed by atoms with E-state index in [1.165, 1.54) is 0 Å². The van der Waals surface area contributed by atoms with Gasteiger partial charge in [-0.15, -0.1) is 0 Å². The van der Waals surface area contributed by atoms with Gasteiger partial charge in [-0.1, -0.05) is 6.07 Å². The zero-order valence-electron chi connectivity index (χ0n) is 9.69. The summed E-state index contributed by atoms with van der Waals surface area (Å²) in [7, 11) is 3.30. The van der Waals surface area contributed by atoms with Crippen molar-refractivity contribution in [1.29, 1.82) is 0 Å². The highest BCUT2D eigenvalue weighted by molar-refractivity contribution is 5.42. The van der Waals surface area contributed by atoms with Crippen LogP contribution in [0.25, 0.3) is 0 Å². The molecule has 1 saturated heterocycles. The Morgan fingerprint density at radius 2 is 2.06 bits per heavy atom. The quantitative estimate of drug-likeness (QED) is 0.795. The number of benzene rings is 1. The van der Waals surface area contributed by atoms with Crippen LogP contribution in [0.15, 0.2) is 18.2 Å². The number of hydrogen-bond donors (Lipinski definition) is 2. The molecule has 1 aliphatic rings. The van der Waals surface area contributed by atoms with Crippen molar-refractivity contribution in [2.45, 2.75) is 6.04 Å².